The SMILES string of the molecule is CC=CC1CSC(C2CCC(c3ccc(-c4ccc(OCC)c(F)c4F)c(F)c3F)CC2)SC1. The van der Waals surface area contributed by atoms with Crippen LogP contribution in [0.1, 0.15) is 51.0 Å². The first-order chi connectivity index (χ1) is 16.4. The van der Waals surface area contributed by atoms with E-state index >= 15 is 8.78 Å². The zero-order valence-corrected chi connectivity index (χ0v) is 21.1. The highest BCUT2D eigenvalue weighted by atomic mass is 32.2. The van der Waals surface area contributed by atoms with Crippen LogP contribution < -0.4 is 4.74 Å². The minimum Gasteiger partial charge on any atom is -0.491 e. The lowest BCUT2D eigenvalue weighted by Gasteiger charge is -2.36. The molecule has 2 aromatic rings. The zero-order chi connectivity index (χ0) is 24.2. The van der Waals surface area contributed by atoms with Crippen LogP contribution in [-0.2, 0) is 0 Å². The van der Waals surface area contributed by atoms with E-state index in [0.29, 0.717) is 22.0 Å². The second-order valence-electron chi connectivity index (χ2n) is 8.94. The van der Waals surface area contributed by atoms with E-state index in [-0.39, 0.29) is 29.4 Å². The molecule has 4 rings (SSSR count). The summed E-state index contributed by atoms with van der Waals surface area (Å²) in [5, 5.41) is 0. The Morgan fingerprint density at radius 2 is 1.47 bits per heavy atom. The Kier molecular flexibility index (Phi) is 8.57. The fraction of sp³-hybridized carbons (Fsp3) is 0.481. The van der Waals surface area contributed by atoms with Gasteiger partial charge in [0.2, 0.25) is 5.82 Å². The molecule has 0 N–H and O–H groups in total. The highest BCUT2D eigenvalue weighted by Crippen LogP contribution is 2.47. The van der Waals surface area contributed by atoms with Gasteiger partial charge in [0.1, 0.15) is 0 Å². The quantitative estimate of drug-likeness (QED) is 0.284. The summed E-state index contributed by atoms with van der Waals surface area (Å²) in [6, 6.07) is 5.38. The van der Waals surface area contributed by atoms with E-state index in [4.69, 9.17) is 4.74 Å². The smallest absolute Gasteiger partial charge is 0.201 e. The predicted molar refractivity (Wildman–Crippen MR) is 135 cm³/mol. The van der Waals surface area contributed by atoms with Gasteiger partial charge >= 0.3 is 0 Å². The number of thioether (sulfide) groups is 2. The van der Waals surface area contributed by atoms with E-state index in [1.165, 1.54) is 18.2 Å². The van der Waals surface area contributed by atoms with Crippen LogP contribution in [-0.4, -0.2) is 22.7 Å². The molecule has 0 amide bonds. The molecular formula is C27H30F4OS2. The molecule has 0 aromatic heterocycles. The van der Waals surface area contributed by atoms with Gasteiger partial charge in [0.05, 0.1) is 11.2 Å². The van der Waals surface area contributed by atoms with Gasteiger partial charge in [0.15, 0.2) is 23.2 Å². The van der Waals surface area contributed by atoms with Gasteiger partial charge in [-0.2, -0.15) is 4.39 Å². The number of hydrogen-bond acceptors (Lipinski definition) is 3. The third kappa shape index (κ3) is 5.30. The maximum atomic E-state index is 15.1. The molecule has 7 heteroatoms. The number of hydrogen-bond donors (Lipinski definition) is 0. The molecule has 2 aliphatic rings. The van der Waals surface area contributed by atoms with Crippen LogP contribution in [0.2, 0.25) is 0 Å². The van der Waals surface area contributed by atoms with Crippen molar-refractivity contribution in [2.24, 2.45) is 11.8 Å². The van der Waals surface area contributed by atoms with Gasteiger partial charge in [-0.25, -0.2) is 13.2 Å². The summed E-state index contributed by atoms with van der Waals surface area (Å²) in [5.41, 5.74) is -0.251. The Hall–Kier alpha value is -1.60. The summed E-state index contributed by atoms with van der Waals surface area (Å²) in [5.74, 6) is -1.31. The molecule has 1 heterocycles. The van der Waals surface area contributed by atoms with Crippen LogP contribution in [0.25, 0.3) is 11.1 Å². The zero-order valence-electron chi connectivity index (χ0n) is 19.5. The lowest BCUT2D eigenvalue weighted by atomic mass is 9.78. The molecule has 1 saturated heterocycles. The van der Waals surface area contributed by atoms with Gasteiger partial charge < -0.3 is 4.74 Å². The molecule has 0 bridgehead atoms. The largest absolute Gasteiger partial charge is 0.491 e. The van der Waals surface area contributed by atoms with Gasteiger partial charge in [0, 0.05) is 22.6 Å². The molecule has 0 unspecified atom stereocenters. The van der Waals surface area contributed by atoms with Crippen molar-refractivity contribution in [3.05, 3.63) is 65.2 Å². The monoisotopic (exact) mass is 510 g/mol. The van der Waals surface area contributed by atoms with Gasteiger partial charge in [-0.05, 0) is 75.0 Å². The van der Waals surface area contributed by atoms with Crippen molar-refractivity contribution in [1.29, 1.82) is 0 Å². The molecule has 1 aliphatic heterocycles. The van der Waals surface area contributed by atoms with Gasteiger partial charge in [-0.3, -0.25) is 0 Å². The van der Waals surface area contributed by atoms with Gasteiger partial charge in [0.25, 0.3) is 0 Å². The summed E-state index contributed by atoms with van der Waals surface area (Å²) in [6.45, 7) is 3.88. The van der Waals surface area contributed by atoms with E-state index in [2.05, 4.69) is 19.1 Å². The summed E-state index contributed by atoms with van der Waals surface area (Å²) in [7, 11) is 0. The Morgan fingerprint density at radius 3 is 2.09 bits per heavy atom. The van der Waals surface area contributed by atoms with E-state index in [0.717, 1.165) is 37.2 Å². The molecule has 2 fully saturated rings. The average Bonchev–Trinajstić information content (AvgIpc) is 2.85. The highest BCUT2D eigenvalue weighted by molar-refractivity contribution is 8.17. The van der Waals surface area contributed by atoms with Crippen LogP contribution in [0.15, 0.2) is 36.4 Å². The van der Waals surface area contributed by atoms with E-state index in [9.17, 15) is 8.78 Å². The third-order valence-electron chi connectivity index (χ3n) is 6.76. The number of ether oxygens (including phenoxy) is 1. The van der Waals surface area contributed by atoms with Crippen LogP contribution in [0, 0.1) is 35.1 Å². The van der Waals surface area contributed by atoms with E-state index < -0.39 is 23.3 Å². The van der Waals surface area contributed by atoms with Gasteiger partial charge in [-0.1, -0.05) is 24.3 Å². The maximum Gasteiger partial charge on any atom is 0.201 e. The average molecular weight is 511 g/mol. The Bertz CT molecular complexity index is 1030. The lowest BCUT2D eigenvalue weighted by Crippen LogP contribution is -2.26. The Balaban J connectivity index is 1.45. The third-order valence-corrected chi connectivity index (χ3v) is 10.2. The number of allylic oxidation sites excluding steroid dienone is 2. The number of benzene rings is 2. The number of rotatable bonds is 6. The molecule has 0 spiro atoms. The molecule has 2 aromatic carbocycles. The minimum absolute atomic E-state index is 0.0592. The van der Waals surface area contributed by atoms with Crippen LogP contribution >= 0.6 is 23.5 Å². The predicted octanol–water partition coefficient (Wildman–Crippen LogP) is 8.58. The fourth-order valence-electron chi connectivity index (χ4n) is 4.99. The Labute approximate surface area is 207 Å². The first-order valence-electron chi connectivity index (χ1n) is 11.9. The van der Waals surface area contributed by atoms with Crippen LogP contribution in [0.3, 0.4) is 0 Å². The lowest BCUT2D eigenvalue weighted by molar-refractivity contribution is 0.314. The van der Waals surface area contributed by atoms with Crippen molar-refractivity contribution in [2.45, 2.75) is 50.0 Å². The molecule has 1 aliphatic carbocycles. The van der Waals surface area contributed by atoms with Crippen LogP contribution in [0.5, 0.6) is 5.75 Å². The minimum atomic E-state index is -1.24. The van der Waals surface area contributed by atoms with Gasteiger partial charge in [-0.15, -0.1) is 23.5 Å². The molecule has 1 saturated carbocycles. The maximum absolute atomic E-state index is 15.1. The molecule has 1 nitrogen and oxygen atoms in total. The van der Waals surface area contributed by atoms with Crippen molar-refractivity contribution in [2.75, 3.05) is 18.1 Å². The van der Waals surface area contributed by atoms with Crippen molar-refractivity contribution >= 4 is 23.5 Å². The van der Waals surface area contributed by atoms with E-state index in [1.54, 1.807) is 13.0 Å². The molecular weight excluding hydrogens is 480 g/mol. The standard InChI is InChI=1S/C27H30F4OS2/c1-3-5-16-14-33-27(34-15-16)18-8-6-17(7-9-18)19-10-11-20(24(29)23(19)28)21-12-13-22(32-4-2)26(31)25(21)30/h3,5,10-13,16-18,27H,4,6-9,14-15H2,1-2H3. The topological polar surface area (TPSA) is 9.23 Å². The normalized spacial score (nSPS) is 25.6. The summed E-state index contributed by atoms with van der Waals surface area (Å²) in [6.07, 6.45) is 8.00. The molecule has 34 heavy (non-hydrogen) atoms. The first kappa shape index (κ1) is 25.5. The first-order valence-corrected chi connectivity index (χ1v) is 14.0. The number of halogens is 4. The molecule has 184 valence electrons. The Morgan fingerprint density at radius 1 is 0.853 bits per heavy atom. The van der Waals surface area contributed by atoms with Crippen molar-refractivity contribution in [3.63, 3.8) is 0 Å². The molecule has 0 atom stereocenters. The van der Waals surface area contributed by atoms with E-state index in [1.807, 2.05) is 23.5 Å². The summed E-state index contributed by atoms with van der Waals surface area (Å²) >= 11 is 4.06. The highest BCUT2D eigenvalue weighted by Gasteiger charge is 2.33. The van der Waals surface area contributed by atoms with Crippen LogP contribution in [0.4, 0.5) is 17.6 Å². The fourth-order valence-corrected chi connectivity index (χ4v) is 8.41. The van der Waals surface area contributed by atoms with Crippen molar-refractivity contribution < 1.29 is 22.3 Å². The molecule has 0 radical (unpaired) electrons. The summed E-state index contributed by atoms with van der Waals surface area (Å²) in [4.78, 5) is 0. The second kappa shape index (κ2) is 11.4. The summed E-state index contributed by atoms with van der Waals surface area (Å²) < 4.78 is 64.6. The van der Waals surface area contributed by atoms with Crippen molar-refractivity contribution in [3.8, 4) is 16.9 Å². The van der Waals surface area contributed by atoms with Crippen molar-refractivity contribution in [1.82, 2.24) is 0 Å². The second-order valence-corrected chi connectivity index (χ2v) is 11.6.